The van der Waals surface area contributed by atoms with E-state index in [0.29, 0.717) is 0 Å². The Morgan fingerprint density at radius 1 is 1.06 bits per heavy atom. The minimum absolute atomic E-state index is 0.736. The van der Waals surface area contributed by atoms with Gasteiger partial charge in [0.2, 0.25) is 0 Å². The molecule has 94 valence electrons. The van der Waals surface area contributed by atoms with E-state index in [0.717, 1.165) is 28.7 Å². The van der Waals surface area contributed by atoms with Crippen LogP contribution in [0, 0.1) is 17.8 Å². The maximum atomic E-state index is 5.95. The molecule has 0 N–H and O–H groups in total. The molecule has 0 aromatic heterocycles. The van der Waals surface area contributed by atoms with E-state index in [2.05, 4.69) is 32.9 Å². The Morgan fingerprint density at radius 3 is 2.06 bits per heavy atom. The molecule has 1 heteroatoms. The molecule has 0 nitrogen and oxygen atoms in total. The fourth-order valence-electron chi connectivity index (χ4n) is 3.72. The largest absolute Gasteiger partial charge is 0.0843 e. The van der Waals surface area contributed by atoms with E-state index in [1.54, 1.807) is 0 Å². The van der Waals surface area contributed by atoms with E-state index in [9.17, 15) is 0 Å². The summed E-state index contributed by atoms with van der Waals surface area (Å²) in [6.07, 6.45) is 4.00. The van der Waals surface area contributed by atoms with Crippen LogP contribution in [-0.2, 0) is 0 Å². The maximum absolute atomic E-state index is 5.95. The Labute approximate surface area is 110 Å². The zero-order valence-electron chi connectivity index (χ0n) is 11.1. The van der Waals surface area contributed by atoms with Crippen LogP contribution in [0.15, 0.2) is 24.3 Å². The van der Waals surface area contributed by atoms with Gasteiger partial charge < -0.3 is 0 Å². The van der Waals surface area contributed by atoms with Crippen molar-refractivity contribution < 1.29 is 0 Å². The summed E-state index contributed by atoms with van der Waals surface area (Å²) in [4.78, 5) is 0. The van der Waals surface area contributed by atoms with Gasteiger partial charge in [-0.1, -0.05) is 50.9 Å². The van der Waals surface area contributed by atoms with Gasteiger partial charge in [0.1, 0.15) is 0 Å². The maximum Gasteiger partial charge on any atom is 0.0406 e. The van der Waals surface area contributed by atoms with Crippen molar-refractivity contribution in [2.75, 3.05) is 0 Å². The molecule has 17 heavy (non-hydrogen) atoms. The quantitative estimate of drug-likeness (QED) is 0.649. The zero-order valence-corrected chi connectivity index (χ0v) is 11.9. The highest BCUT2D eigenvalue weighted by Gasteiger charge is 2.32. The van der Waals surface area contributed by atoms with Crippen molar-refractivity contribution in [2.45, 2.75) is 46.0 Å². The lowest BCUT2D eigenvalue weighted by Gasteiger charge is -2.39. The molecule has 0 spiro atoms. The summed E-state index contributed by atoms with van der Waals surface area (Å²) < 4.78 is 0. The minimum atomic E-state index is 0.736. The van der Waals surface area contributed by atoms with Crippen molar-refractivity contribution in [1.29, 1.82) is 0 Å². The Bertz CT molecular complexity index is 342. The van der Waals surface area contributed by atoms with E-state index in [1.807, 2.05) is 12.1 Å². The normalized spacial score (nSPS) is 33.6. The fraction of sp³-hybridized carbons (Fsp3) is 0.625. The molecule has 1 saturated carbocycles. The summed E-state index contributed by atoms with van der Waals surface area (Å²) in [6.45, 7) is 7.18. The predicted molar refractivity (Wildman–Crippen MR) is 75.5 cm³/mol. The highest BCUT2D eigenvalue weighted by atomic mass is 35.5. The molecule has 0 heterocycles. The van der Waals surface area contributed by atoms with Crippen LogP contribution in [0.3, 0.4) is 0 Å². The Balaban J connectivity index is 2.11. The second kappa shape index (κ2) is 5.44. The Morgan fingerprint density at radius 2 is 1.59 bits per heavy atom. The third-order valence-corrected chi connectivity index (χ3v) is 4.84. The third kappa shape index (κ3) is 2.85. The first-order valence-electron chi connectivity index (χ1n) is 6.87. The van der Waals surface area contributed by atoms with Gasteiger partial charge in [-0.25, -0.2) is 0 Å². The first-order valence-corrected chi connectivity index (χ1v) is 7.25. The first kappa shape index (κ1) is 13.0. The van der Waals surface area contributed by atoms with Crippen molar-refractivity contribution in [3.05, 3.63) is 34.9 Å². The third-order valence-electron chi connectivity index (χ3n) is 4.59. The fourth-order valence-corrected chi connectivity index (χ4v) is 3.84. The number of hydrogen-bond donors (Lipinski definition) is 0. The van der Waals surface area contributed by atoms with Crippen molar-refractivity contribution >= 4 is 11.6 Å². The van der Waals surface area contributed by atoms with Crippen molar-refractivity contribution in [2.24, 2.45) is 17.8 Å². The van der Waals surface area contributed by atoms with Gasteiger partial charge in [0, 0.05) is 5.02 Å². The van der Waals surface area contributed by atoms with Gasteiger partial charge >= 0.3 is 0 Å². The van der Waals surface area contributed by atoms with Gasteiger partial charge in [-0.05, 0) is 54.2 Å². The van der Waals surface area contributed by atoms with Crippen LogP contribution in [-0.4, -0.2) is 0 Å². The van der Waals surface area contributed by atoms with Gasteiger partial charge in [0.25, 0.3) is 0 Å². The number of benzene rings is 1. The minimum Gasteiger partial charge on any atom is -0.0843 e. The number of rotatable bonds is 2. The molecule has 0 aliphatic heterocycles. The van der Waals surface area contributed by atoms with Gasteiger partial charge in [0.15, 0.2) is 0 Å². The lowest BCUT2D eigenvalue weighted by Crippen LogP contribution is -2.28. The molecule has 0 saturated heterocycles. The summed E-state index contributed by atoms with van der Waals surface area (Å²) >= 11 is 5.95. The monoisotopic (exact) mass is 250 g/mol. The summed E-state index contributed by atoms with van der Waals surface area (Å²) in [5.41, 5.74) is 1.47. The van der Waals surface area contributed by atoms with E-state index < -0.39 is 0 Å². The van der Waals surface area contributed by atoms with E-state index in [4.69, 9.17) is 11.6 Å². The molecule has 0 radical (unpaired) electrons. The van der Waals surface area contributed by atoms with Crippen LogP contribution in [0.1, 0.15) is 51.5 Å². The van der Waals surface area contributed by atoms with Crippen molar-refractivity contribution in [3.63, 3.8) is 0 Å². The van der Waals surface area contributed by atoms with Crippen molar-refractivity contribution in [3.8, 4) is 0 Å². The van der Waals surface area contributed by atoms with Crippen LogP contribution in [0.25, 0.3) is 0 Å². The second-order valence-electron chi connectivity index (χ2n) is 5.75. The SMILES string of the molecule is CCC1C(C)CC(c2ccc(Cl)cc2)CC1C. The molecule has 0 bridgehead atoms. The molecule has 2 rings (SSSR count). The summed E-state index contributed by atoms with van der Waals surface area (Å²) in [7, 11) is 0. The molecule has 0 amide bonds. The standard InChI is InChI=1S/C16H23Cl/c1-4-16-11(2)9-14(10-12(16)3)13-5-7-15(17)8-6-13/h5-8,11-12,14,16H,4,9-10H2,1-3H3. The summed E-state index contributed by atoms with van der Waals surface area (Å²) in [5.74, 6) is 3.35. The van der Waals surface area contributed by atoms with Crippen LogP contribution in [0.5, 0.6) is 0 Å². The highest BCUT2D eigenvalue weighted by molar-refractivity contribution is 6.30. The van der Waals surface area contributed by atoms with Crippen LogP contribution in [0.2, 0.25) is 5.02 Å². The smallest absolute Gasteiger partial charge is 0.0406 e. The molecular weight excluding hydrogens is 228 g/mol. The summed E-state index contributed by atoms with van der Waals surface area (Å²) in [6, 6.07) is 8.47. The van der Waals surface area contributed by atoms with Crippen LogP contribution < -0.4 is 0 Å². The number of hydrogen-bond acceptors (Lipinski definition) is 0. The Kier molecular flexibility index (Phi) is 4.14. The van der Waals surface area contributed by atoms with Crippen molar-refractivity contribution in [1.82, 2.24) is 0 Å². The van der Waals surface area contributed by atoms with Gasteiger partial charge in [-0.3, -0.25) is 0 Å². The molecule has 2 atom stereocenters. The van der Waals surface area contributed by atoms with Gasteiger partial charge in [0.05, 0.1) is 0 Å². The molecule has 1 aliphatic rings. The average Bonchev–Trinajstić information content (AvgIpc) is 2.29. The lowest BCUT2D eigenvalue weighted by molar-refractivity contribution is 0.154. The van der Waals surface area contributed by atoms with E-state index in [-0.39, 0.29) is 0 Å². The van der Waals surface area contributed by atoms with E-state index in [1.165, 1.54) is 24.8 Å². The molecule has 1 fully saturated rings. The molecular formula is C16H23Cl. The highest BCUT2D eigenvalue weighted by Crippen LogP contribution is 2.44. The van der Waals surface area contributed by atoms with Crippen LogP contribution >= 0.6 is 11.6 Å². The van der Waals surface area contributed by atoms with Crippen LogP contribution in [0.4, 0.5) is 0 Å². The lowest BCUT2D eigenvalue weighted by atomic mass is 9.66. The summed E-state index contributed by atoms with van der Waals surface area (Å²) in [5, 5.41) is 0.845. The molecule has 2 unspecified atom stereocenters. The van der Waals surface area contributed by atoms with Gasteiger partial charge in [-0.2, -0.15) is 0 Å². The average molecular weight is 251 g/mol. The number of halogens is 1. The Hall–Kier alpha value is -0.490. The van der Waals surface area contributed by atoms with Gasteiger partial charge in [-0.15, -0.1) is 0 Å². The topological polar surface area (TPSA) is 0 Å². The second-order valence-corrected chi connectivity index (χ2v) is 6.18. The first-order chi connectivity index (χ1) is 8.11. The predicted octanol–water partition coefficient (Wildman–Crippen LogP) is 5.52. The molecule has 1 aromatic carbocycles. The van der Waals surface area contributed by atoms with E-state index >= 15 is 0 Å². The molecule has 1 aromatic rings. The zero-order chi connectivity index (χ0) is 12.4. The molecule has 1 aliphatic carbocycles.